The fraction of sp³-hybridized carbons (Fsp3) is 0.333. The molecule has 0 unspecified atom stereocenters. The standard InChI is InChI=1S/C9H10F2N4O2S.ClH/c10-9(11,5-13)6-15-18(16,17)8-2-1-3-14-7(8)4-12;/h1-3,15H,5-6,13H2;1H. The van der Waals surface area contributed by atoms with E-state index in [0.29, 0.717) is 0 Å². The first-order valence-corrected chi connectivity index (χ1v) is 6.23. The Morgan fingerprint density at radius 1 is 1.53 bits per heavy atom. The normalized spacial score (nSPS) is 11.5. The molecule has 0 saturated carbocycles. The van der Waals surface area contributed by atoms with Crippen LogP contribution in [0.1, 0.15) is 5.69 Å². The van der Waals surface area contributed by atoms with Gasteiger partial charge >= 0.3 is 0 Å². The Labute approximate surface area is 115 Å². The summed E-state index contributed by atoms with van der Waals surface area (Å²) in [4.78, 5) is 3.09. The first kappa shape index (κ1) is 17.7. The molecule has 1 heterocycles. The zero-order valence-electron chi connectivity index (χ0n) is 9.51. The van der Waals surface area contributed by atoms with Crippen LogP contribution in [0, 0.1) is 11.3 Å². The lowest BCUT2D eigenvalue weighted by Crippen LogP contribution is -2.41. The van der Waals surface area contributed by atoms with E-state index in [1.165, 1.54) is 12.3 Å². The van der Waals surface area contributed by atoms with Crippen molar-refractivity contribution in [3.63, 3.8) is 0 Å². The fourth-order valence-corrected chi connectivity index (χ4v) is 2.21. The van der Waals surface area contributed by atoms with Gasteiger partial charge in [-0.15, -0.1) is 12.4 Å². The van der Waals surface area contributed by atoms with Crippen LogP contribution in [-0.4, -0.2) is 32.4 Å². The lowest BCUT2D eigenvalue weighted by molar-refractivity contribution is 0.0170. The third-order valence-corrected chi connectivity index (χ3v) is 3.42. The molecule has 0 spiro atoms. The molecule has 1 rings (SSSR count). The quantitative estimate of drug-likeness (QED) is 0.810. The van der Waals surface area contributed by atoms with Gasteiger partial charge in [0.25, 0.3) is 5.92 Å². The van der Waals surface area contributed by atoms with Crippen LogP contribution in [0.4, 0.5) is 8.78 Å². The van der Waals surface area contributed by atoms with Crippen molar-refractivity contribution in [2.45, 2.75) is 10.8 Å². The van der Waals surface area contributed by atoms with E-state index in [4.69, 9.17) is 11.0 Å². The molecule has 0 aliphatic heterocycles. The molecule has 0 radical (unpaired) electrons. The highest BCUT2D eigenvalue weighted by Gasteiger charge is 2.30. The highest BCUT2D eigenvalue weighted by atomic mass is 35.5. The minimum absolute atomic E-state index is 0. The van der Waals surface area contributed by atoms with E-state index in [0.717, 1.165) is 6.07 Å². The molecule has 106 valence electrons. The molecule has 0 amide bonds. The van der Waals surface area contributed by atoms with E-state index in [1.807, 2.05) is 0 Å². The number of hydrogen-bond acceptors (Lipinski definition) is 5. The van der Waals surface area contributed by atoms with Gasteiger partial charge in [-0.1, -0.05) is 0 Å². The molecule has 0 bridgehead atoms. The minimum Gasteiger partial charge on any atom is -0.325 e. The average molecular weight is 313 g/mol. The summed E-state index contributed by atoms with van der Waals surface area (Å²) in [5.41, 5.74) is 4.42. The van der Waals surface area contributed by atoms with Gasteiger partial charge in [-0.25, -0.2) is 26.9 Å². The summed E-state index contributed by atoms with van der Waals surface area (Å²) >= 11 is 0. The first-order valence-electron chi connectivity index (χ1n) is 4.75. The largest absolute Gasteiger partial charge is 0.325 e. The zero-order valence-corrected chi connectivity index (χ0v) is 11.1. The van der Waals surface area contributed by atoms with Gasteiger partial charge < -0.3 is 5.73 Å². The van der Waals surface area contributed by atoms with Crippen LogP contribution >= 0.6 is 12.4 Å². The summed E-state index contributed by atoms with van der Waals surface area (Å²) < 4.78 is 50.8. The van der Waals surface area contributed by atoms with Crippen molar-refractivity contribution in [3.05, 3.63) is 24.0 Å². The molecule has 0 saturated heterocycles. The highest BCUT2D eigenvalue weighted by Crippen LogP contribution is 2.14. The van der Waals surface area contributed by atoms with Crippen molar-refractivity contribution in [2.24, 2.45) is 5.73 Å². The van der Waals surface area contributed by atoms with Crippen molar-refractivity contribution in [1.29, 1.82) is 5.26 Å². The molecule has 3 N–H and O–H groups in total. The van der Waals surface area contributed by atoms with Gasteiger partial charge in [0.15, 0.2) is 5.69 Å². The fourth-order valence-electron chi connectivity index (χ4n) is 1.04. The Balaban J connectivity index is 0.00000324. The van der Waals surface area contributed by atoms with Crippen LogP contribution in [0.15, 0.2) is 23.2 Å². The Kier molecular flexibility index (Phi) is 6.24. The maximum Gasteiger partial charge on any atom is 0.273 e. The number of aromatic nitrogens is 1. The molecular weight excluding hydrogens is 302 g/mol. The third kappa shape index (κ3) is 4.68. The number of nitriles is 1. The van der Waals surface area contributed by atoms with Gasteiger partial charge in [0.05, 0.1) is 13.1 Å². The molecule has 0 aromatic carbocycles. The van der Waals surface area contributed by atoms with Gasteiger partial charge in [0, 0.05) is 6.20 Å². The number of pyridine rings is 1. The summed E-state index contributed by atoms with van der Waals surface area (Å²) in [7, 11) is -4.22. The molecule has 0 fully saturated rings. The van der Waals surface area contributed by atoms with E-state index < -0.39 is 33.9 Å². The number of rotatable bonds is 5. The number of alkyl halides is 2. The van der Waals surface area contributed by atoms with Crippen molar-refractivity contribution in [1.82, 2.24) is 9.71 Å². The van der Waals surface area contributed by atoms with E-state index in [2.05, 4.69) is 4.98 Å². The molecule has 19 heavy (non-hydrogen) atoms. The van der Waals surface area contributed by atoms with E-state index in [1.54, 1.807) is 10.8 Å². The molecular formula is C9H11ClF2N4O2S. The molecule has 0 aliphatic carbocycles. The Morgan fingerprint density at radius 3 is 2.68 bits per heavy atom. The van der Waals surface area contributed by atoms with E-state index in [9.17, 15) is 17.2 Å². The van der Waals surface area contributed by atoms with Crippen molar-refractivity contribution in [2.75, 3.05) is 13.1 Å². The molecule has 1 aromatic rings. The van der Waals surface area contributed by atoms with Crippen LogP contribution in [0.3, 0.4) is 0 Å². The third-order valence-electron chi connectivity index (χ3n) is 1.99. The first-order chi connectivity index (χ1) is 8.32. The highest BCUT2D eigenvalue weighted by molar-refractivity contribution is 7.89. The van der Waals surface area contributed by atoms with Crippen molar-refractivity contribution >= 4 is 22.4 Å². The van der Waals surface area contributed by atoms with Crippen LogP contribution in [-0.2, 0) is 10.0 Å². The van der Waals surface area contributed by atoms with Crippen molar-refractivity contribution in [3.8, 4) is 6.07 Å². The lowest BCUT2D eigenvalue weighted by Gasteiger charge is -2.14. The number of nitrogens with one attached hydrogen (secondary N) is 1. The molecule has 0 aliphatic rings. The monoisotopic (exact) mass is 312 g/mol. The maximum absolute atomic E-state index is 12.8. The van der Waals surface area contributed by atoms with Gasteiger partial charge in [-0.05, 0) is 12.1 Å². The Hall–Kier alpha value is -1.34. The van der Waals surface area contributed by atoms with Crippen LogP contribution in [0.2, 0.25) is 0 Å². The summed E-state index contributed by atoms with van der Waals surface area (Å²) in [6, 6.07) is 3.96. The number of hydrogen-bond donors (Lipinski definition) is 2. The topological polar surface area (TPSA) is 109 Å². The number of halogens is 3. The van der Waals surface area contributed by atoms with Crippen LogP contribution in [0.25, 0.3) is 0 Å². The van der Waals surface area contributed by atoms with Crippen LogP contribution < -0.4 is 10.5 Å². The SMILES string of the molecule is Cl.N#Cc1ncccc1S(=O)(=O)NCC(F)(F)CN. The number of sulfonamides is 1. The summed E-state index contributed by atoms with van der Waals surface area (Å²) in [5, 5.41) is 8.68. The predicted molar refractivity (Wildman–Crippen MR) is 65.4 cm³/mol. The molecule has 10 heteroatoms. The van der Waals surface area contributed by atoms with Gasteiger partial charge in [0.1, 0.15) is 11.0 Å². The minimum atomic E-state index is -4.22. The Morgan fingerprint density at radius 2 is 2.16 bits per heavy atom. The zero-order chi connectivity index (χ0) is 13.8. The number of nitrogens with zero attached hydrogens (tertiary/aromatic N) is 2. The van der Waals surface area contributed by atoms with Crippen LogP contribution in [0.5, 0.6) is 0 Å². The van der Waals surface area contributed by atoms with Gasteiger partial charge in [-0.3, -0.25) is 0 Å². The van der Waals surface area contributed by atoms with E-state index >= 15 is 0 Å². The Bertz CT molecular complexity index is 574. The molecule has 1 aromatic heterocycles. The molecule has 6 nitrogen and oxygen atoms in total. The second kappa shape index (κ2) is 6.72. The van der Waals surface area contributed by atoms with Crippen molar-refractivity contribution < 1.29 is 17.2 Å². The summed E-state index contributed by atoms with van der Waals surface area (Å²) in [5.74, 6) is -3.35. The molecule has 0 atom stereocenters. The van der Waals surface area contributed by atoms with Gasteiger partial charge in [-0.2, -0.15) is 5.26 Å². The second-order valence-corrected chi connectivity index (χ2v) is 5.08. The number of nitrogens with two attached hydrogens (primary N) is 1. The second-order valence-electron chi connectivity index (χ2n) is 3.35. The summed E-state index contributed by atoms with van der Waals surface area (Å²) in [6.45, 7) is -2.11. The van der Waals surface area contributed by atoms with Gasteiger partial charge in [0.2, 0.25) is 10.0 Å². The maximum atomic E-state index is 12.8. The smallest absolute Gasteiger partial charge is 0.273 e. The lowest BCUT2D eigenvalue weighted by atomic mass is 10.3. The predicted octanol–water partition coefficient (Wildman–Crippen LogP) is 0.247. The van der Waals surface area contributed by atoms with E-state index in [-0.39, 0.29) is 18.1 Å². The summed E-state index contributed by atoms with van der Waals surface area (Å²) in [6.07, 6.45) is 1.23. The average Bonchev–Trinajstić information content (AvgIpc) is 2.37.